The molecule has 1 atom stereocenters. The highest BCUT2D eigenvalue weighted by molar-refractivity contribution is 9.10. The molecule has 0 saturated carbocycles. The maximum absolute atomic E-state index is 13.5. The van der Waals surface area contributed by atoms with Gasteiger partial charge >= 0.3 is 0 Å². The molecule has 0 aliphatic rings. The first kappa shape index (κ1) is 15.5. The molecule has 0 saturated heterocycles. The van der Waals surface area contributed by atoms with Gasteiger partial charge in [-0.15, -0.1) is 0 Å². The van der Waals surface area contributed by atoms with Crippen LogP contribution in [0.1, 0.15) is 17.0 Å². The fourth-order valence-corrected chi connectivity index (χ4v) is 2.73. The van der Waals surface area contributed by atoms with E-state index in [0.29, 0.717) is 6.42 Å². The van der Waals surface area contributed by atoms with Crippen molar-refractivity contribution in [1.82, 2.24) is 5.32 Å². The van der Waals surface area contributed by atoms with E-state index in [1.54, 1.807) is 6.07 Å². The van der Waals surface area contributed by atoms with Crippen molar-refractivity contribution in [1.29, 1.82) is 0 Å². The van der Waals surface area contributed by atoms with Gasteiger partial charge in [-0.2, -0.15) is 0 Å². The second-order valence-electron chi connectivity index (χ2n) is 4.72. The van der Waals surface area contributed by atoms with Crippen LogP contribution in [0.15, 0.2) is 46.9 Å². The minimum Gasteiger partial charge on any atom is -0.319 e. The normalized spacial score (nSPS) is 12.4. The molecule has 2 aromatic rings. The Bertz CT molecular complexity index is 571. The lowest BCUT2D eigenvalue weighted by Gasteiger charge is -2.18. The van der Waals surface area contributed by atoms with Crippen LogP contribution >= 0.6 is 27.5 Å². The van der Waals surface area contributed by atoms with E-state index in [9.17, 15) is 4.39 Å². The number of nitrogens with one attached hydrogen (secondary N) is 1. The zero-order chi connectivity index (χ0) is 14.5. The largest absolute Gasteiger partial charge is 0.319 e. The standard InChI is InChI=1S/C16H16BrClFN/c1-20-10-13(11-5-7-14(17)8-6-11)9-12-3-2-4-15(19)16(12)18/h2-8,13,20H,9-10H2,1H3. The minimum atomic E-state index is -0.358. The molecule has 2 rings (SSSR count). The predicted molar refractivity (Wildman–Crippen MR) is 85.9 cm³/mol. The van der Waals surface area contributed by atoms with Gasteiger partial charge in [-0.25, -0.2) is 4.39 Å². The van der Waals surface area contributed by atoms with Gasteiger partial charge in [0.1, 0.15) is 5.82 Å². The number of likely N-dealkylation sites (N-methyl/N-ethyl adjacent to an activating group) is 1. The highest BCUT2D eigenvalue weighted by Gasteiger charge is 2.15. The van der Waals surface area contributed by atoms with Crippen LogP contribution in [0, 0.1) is 5.82 Å². The first-order valence-corrected chi connectivity index (χ1v) is 7.62. The minimum absolute atomic E-state index is 0.228. The molecule has 20 heavy (non-hydrogen) atoms. The summed E-state index contributed by atoms with van der Waals surface area (Å²) in [6, 6.07) is 13.2. The third-order valence-corrected chi connectivity index (χ3v) is 4.24. The Morgan fingerprint density at radius 1 is 1.20 bits per heavy atom. The molecule has 0 amide bonds. The Hall–Kier alpha value is -0.900. The maximum Gasteiger partial charge on any atom is 0.142 e. The van der Waals surface area contributed by atoms with E-state index in [-0.39, 0.29) is 16.8 Å². The van der Waals surface area contributed by atoms with Gasteiger partial charge in [0.15, 0.2) is 0 Å². The smallest absolute Gasteiger partial charge is 0.142 e. The average molecular weight is 357 g/mol. The van der Waals surface area contributed by atoms with Crippen LogP contribution in [-0.4, -0.2) is 13.6 Å². The van der Waals surface area contributed by atoms with Crippen LogP contribution in [0.2, 0.25) is 5.02 Å². The van der Waals surface area contributed by atoms with Gasteiger partial charge in [-0.3, -0.25) is 0 Å². The number of rotatable bonds is 5. The Morgan fingerprint density at radius 3 is 2.55 bits per heavy atom. The second-order valence-corrected chi connectivity index (χ2v) is 6.02. The highest BCUT2D eigenvalue weighted by Crippen LogP contribution is 2.27. The molecule has 0 radical (unpaired) electrons. The molecule has 0 fully saturated rings. The van der Waals surface area contributed by atoms with Gasteiger partial charge in [-0.1, -0.05) is 51.8 Å². The molecule has 0 aliphatic heterocycles. The zero-order valence-corrected chi connectivity index (χ0v) is 13.5. The molecule has 2 aromatic carbocycles. The van der Waals surface area contributed by atoms with Crippen molar-refractivity contribution in [3.8, 4) is 0 Å². The van der Waals surface area contributed by atoms with E-state index in [1.807, 2.05) is 25.2 Å². The van der Waals surface area contributed by atoms with Crippen molar-refractivity contribution in [2.24, 2.45) is 0 Å². The third kappa shape index (κ3) is 3.81. The first-order chi connectivity index (χ1) is 9.61. The SMILES string of the molecule is CNCC(Cc1cccc(F)c1Cl)c1ccc(Br)cc1. The fourth-order valence-electron chi connectivity index (χ4n) is 2.26. The molecule has 4 heteroatoms. The van der Waals surface area contributed by atoms with Crippen molar-refractivity contribution in [3.63, 3.8) is 0 Å². The summed E-state index contributed by atoms with van der Waals surface area (Å²) in [6.07, 6.45) is 0.707. The number of hydrogen-bond donors (Lipinski definition) is 1. The van der Waals surface area contributed by atoms with E-state index in [1.165, 1.54) is 11.6 Å². The van der Waals surface area contributed by atoms with Crippen LogP contribution in [0.25, 0.3) is 0 Å². The molecular formula is C16H16BrClFN. The molecule has 0 aliphatic carbocycles. The summed E-state index contributed by atoms with van der Waals surface area (Å²) in [5.41, 5.74) is 2.05. The third-order valence-electron chi connectivity index (χ3n) is 3.29. The number of halogens is 3. The van der Waals surface area contributed by atoms with Crippen molar-refractivity contribution < 1.29 is 4.39 Å². The molecular weight excluding hydrogens is 341 g/mol. The summed E-state index contributed by atoms with van der Waals surface area (Å²) in [6.45, 7) is 0.814. The molecule has 0 heterocycles. The second kappa shape index (κ2) is 7.21. The van der Waals surface area contributed by atoms with Crippen LogP contribution < -0.4 is 5.32 Å². The van der Waals surface area contributed by atoms with E-state index in [2.05, 4.69) is 33.4 Å². The van der Waals surface area contributed by atoms with Gasteiger partial charge in [0.05, 0.1) is 5.02 Å². The summed E-state index contributed by atoms with van der Waals surface area (Å²) < 4.78 is 14.6. The number of benzene rings is 2. The van der Waals surface area contributed by atoms with Gasteiger partial charge in [0, 0.05) is 16.9 Å². The summed E-state index contributed by atoms with van der Waals surface area (Å²) in [7, 11) is 1.92. The monoisotopic (exact) mass is 355 g/mol. The van der Waals surface area contributed by atoms with Crippen LogP contribution in [-0.2, 0) is 6.42 Å². The molecule has 0 aromatic heterocycles. The van der Waals surface area contributed by atoms with E-state index < -0.39 is 0 Å². The first-order valence-electron chi connectivity index (χ1n) is 6.44. The molecule has 1 unspecified atom stereocenters. The van der Waals surface area contributed by atoms with E-state index in [4.69, 9.17) is 11.6 Å². The molecule has 1 N–H and O–H groups in total. The summed E-state index contributed by atoms with van der Waals surface area (Å²) >= 11 is 9.48. The maximum atomic E-state index is 13.5. The molecule has 106 valence electrons. The van der Waals surface area contributed by atoms with Crippen LogP contribution in [0.5, 0.6) is 0 Å². The quantitative estimate of drug-likeness (QED) is 0.812. The van der Waals surface area contributed by atoms with Gasteiger partial charge in [-0.05, 0) is 42.8 Å². The van der Waals surface area contributed by atoms with Gasteiger partial charge in [0.2, 0.25) is 0 Å². The van der Waals surface area contributed by atoms with Crippen molar-refractivity contribution >= 4 is 27.5 Å². The van der Waals surface area contributed by atoms with Crippen molar-refractivity contribution in [3.05, 3.63) is 68.9 Å². The van der Waals surface area contributed by atoms with Gasteiger partial charge < -0.3 is 5.32 Å². The fraction of sp³-hybridized carbons (Fsp3) is 0.250. The Morgan fingerprint density at radius 2 is 1.90 bits per heavy atom. The highest BCUT2D eigenvalue weighted by atomic mass is 79.9. The average Bonchev–Trinajstić information content (AvgIpc) is 2.44. The van der Waals surface area contributed by atoms with Gasteiger partial charge in [0.25, 0.3) is 0 Å². The zero-order valence-electron chi connectivity index (χ0n) is 11.2. The molecule has 1 nitrogen and oxygen atoms in total. The lowest BCUT2D eigenvalue weighted by molar-refractivity contribution is 0.608. The summed E-state index contributed by atoms with van der Waals surface area (Å²) in [5.74, 6) is -0.101. The summed E-state index contributed by atoms with van der Waals surface area (Å²) in [4.78, 5) is 0. The number of hydrogen-bond acceptors (Lipinski definition) is 1. The van der Waals surface area contributed by atoms with Crippen molar-refractivity contribution in [2.45, 2.75) is 12.3 Å². The Kier molecular flexibility index (Phi) is 5.58. The Labute approximate surface area is 132 Å². The van der Waals surface area contributed by atoms with E-state index >= 15 is 0 Å². The molecule has 0 spiro atoms. The lowest BCUT2D eigenvalue weighted by atomic mass is 9.92. The van der Waals surface area contributed by atoms with Crippen LogP contribution in [0.3, 0.4) is 0 Å². The molecule has 0 bridgehead atoms. The Balaban J connectivity index is 2.25. The lowest BCUT2D eigenvalue weighted by Crippen LogP contribution is -2.19. The van der Waals surface area contributed by atoms with Crippen molar-refractivity contribution in [2.75, 3.05) is 13.6 Å². The van der Waals surface area contributed by atoms with Crippen LogP contribution in [0.4, 0.5) is 4.39 Å². The topological polar surface area (TPSA) is 12.0 Å². The predicted octanol–water partition coefficient (Wildman–Crippen LogP) is 4.79. The van der Waals surface area contributed by atoms with E-state index in [0.717, 1.165) is 16.6 Å². The summed E-state index contributed by atoms with van der Waals surface area (Å²) in [5, 5.41) is 3.41.